The van der Waals surface area contributed by atoms with Crippen LogP contribution in [-0.4, -0.2) is 27.8 Å². The molecule has 1 aromatic rings. The van der Waals surface area contributed by atoms with Crippen LogP contribution in [0.4, 0.5) is 0 Å². The molecule has 0 aliphatic carbocycles. The van der Waals surface area contributed by atoms with E-state index in [4.69, 9.17) is 5.21 Å². The van der Waals surface area contributed by atoms with Crippen molar-refractivity contribution in [3.8, 4) is 0 Å². The molecule has 2 aliphatic heterocycles. The monoisotopic (exact) mass is 216 g/mol. The molecule has 2 heterocycles. The molecule has 3 rings (SSSR count). The first-order chi connectivity index (χ1) is 7.81. The normalized spacial score (nSPS) is 25.8. The lowest BCUT2D eigenvalue weighted by Gasteiger charge is -2.31. The minimum Gasteiger partial charge on any atom is -0.411 e. The van der Waals surface area contributed by atoms with Gasteiger partial charge in [-0.3, -0.25) is 4.79 Å². The van der Waals surface area contributed by atoms with Gasteiger partial charge in [-0.05, 0) is 12.0 Å². The highest BCUT2D eigenvalue weighted by atomic mass is 16.4. The lowest BCUT2D eigenvalue weighted by atomic mass is 9.92. The van der Waals surface area contributed by atoms with Gasteiger partial charge < -0.3 is 10.1 Å². The average Bonchev–Trinajstić information content (AvgIpc) is 2.68. The van der Waals surface area contributed by atoms with Crippen LogP contribution in [0.25, 0.3) is 0 Å². The van der Waals surface area contributed by atoms with Gasteiger partial charge in [-0.25, -0.2) is 0 Å². The number of carbonyl (C=O) groups is 1. The highest BCUT2D eigenvalue weighted by Crippen LogP contribution is 2.31. The van der Waals surface area contributed by atoms with E-state index in [-0.39, 0.29) is 11.9 Å². The molecule has 1 atom stereocenters. The maximum absolute atomic E-state index is 11.7. The minimum absolute atomic E-state index is 0.0348. The van der Waals surface area contributed by atoms with E-state index in [0.29, 0.717) is 18.7 Å². The van der Waals surface area contributed by atoms with Gasteiger partial charge in [-0.15, -0.1) is 0 Å². The molecule has 1 aromatic carbocycles. The van der Waals surface area contributed by atoms with Crippen molar-refractivity contribution in [1.82, 2.24) is 4.90 Å². The van der Waals surface area contributed by atoms with Crippen LogP contribution in [0.2, 0.25) is 0 Å². The van der Waals surface area contributed by atoms with Crippen LogP contribution in [-0.2, 0) is 11.3 Å². The lowest BCUT2D eigenvalue weighted by molar-refractivity contribution is -0.128. The molecular weight excluding hydrogens is 204 g/mol. The van der Waals surface area contributed by atoms with Crippen molar-refractivity contribution in [3.05, 3.63) is 35.4 Å². The number of amides is 1. The summed E-state index contributed by atoms with van der Waals surface area (Å²) in [6.07, 6.45) is 1.31. The Morgan fingerprint density at radius 1 is 1.38 bits per heavy atom. The summed E-state index contributed by atoms with van der Waals surface area (Å²) in [5.41, 5.74) is 2.66. The summed E-state index contributed by atoms with van der Waals surface area (Å²) in [5.74, 6) is 0.153. The molecule has 2 aliphatic rings. The number of hydrogen-bond donors (Lipinski definition) is 1. The quantitative estimate of drug-likeness (QED) is 0.526. The van der Waals surface area contributed by atoms with Gasteiger partial charge in [0.25, 0.3) is 0 Å². The van der Waals surface area contributed by atoms with Gasteiger partial charge in [0.2, 0.25) is 5.91 Å². The SMILES string of the molecule is O=C1CCC2/C(=N\O)c3ccccc3CN12. The van der Waals surface area contributed by atoms with Crippen LogP contribution in [0.3, 0.4) is 0 Å². The van der Waals surface area contributed by atoms with Crippen molar-refractivity contribution in [2.24, 2.45) is 5.16 Å². The zero-order valence-electron chi connectivity index (χ0n) is 8.76. The Bertz CT molecular complexity index is 482. The van der Waals surface area contributed by atoms with Gasteiger partial charge in [0.05, 0.1) is 6.04 Å². The predicted octanol–water partition coefficient (Wildman–Crippen LogP) is 1.37. The highest BCUT2D eigenvalue weighted by Gasteiger charge is 2.39. The summed E-state index contributed by atoms with van der Waals surface area (Å²) in [6.45, 7) is 0.638. The number of carbonyl (C=O) groups excluding carboxylic acids is 1. The highest BCUT2D eigenvalue weighted by molar-refractivity contribution is 6.09. The van der Waals surface area contributed by atoms with Crippen LogP contribution in [0.15, 0.2) is 29.4 Å². The summed E-state index contributed by atoms with van der Waals surface area (Å²) in [5, 5.41) is 12.5. The van der Waals surface area contributed by atoms with Crippen molar-refractivity contribution in [2.45, 2.75) is 25.4 Å². The van der Waals surface area contributed by atoms with Crippen LogP contribution in [0, 0.1) is 0 Å². The molecule has 16 heavy (non-hydrogen) atoms. The second-order valence-corrected chi connectivity index (χ2v) is 4.22. The third-order valence-electron chi connectivity index (χ3n) is 3.39. The van der Waals surface area contributed by atoms with E-state index in [9.17, 15) is 4.79 Å². The van der Waals surface area contributed by atoms with Gasteiger partial charge in [0.1, 0.15) is 5.71 Å². The van der Waals surface area contributed by atoms with E-state index in [0.717, 1.165) is 17.5 Å². The zero-order valence-corrected chi connectivity index (χ0v) is 8.76. The fraction of sp³-hybridized carbons (Fsp3) is 0.333. The van der Waals surface area contributed by atoms with E-state index < -0.39 is 0 Å². The molecule has 1 fully saturated rings. The van der Waals surface area contributed by atoms with E-state index >= 15 is 0 Å². The molecular formula is C12H12N2O2. The standard InChI is InChI=1S/C12H12N2O2/c15-11-6-5-10-12(13-16)9-4-2-1-3-8(9)7-14(10)11/h1-4,10,16H,5-7H2/b13-12-. The van der Waals surface area contributed by atoms with Crippen molar-refractivity contribution in [1.29, 1.82) is 0 Å². The van der Waals surface area contributed by atoms with Gasteiger partial charge in [-0.1, -0.05) is 29.4 Å². The van der Waals surface area contributed by atoms with Gasteiger partial charge in [-0.2, -0.15) is 0 Å². The smallest absolute Gasteiger partial charge is 0.223 e. The van der Waals surface area contributed by atoms with Gasteiger partial charge in [0, 0.05) is 18.5 Å². The topological polar surface area (TPSA) is 52.9 Å². The molecule has 0 bridgehead atoms. The summed E-state index contributed by atoms with van der Waals surface area (Å²) >= 11 is 0. The second kappa shape index (κ2) is 3.33. The second-order valence-electron chi connectivity index (χ2n) is 4.22. The molecule has 0 spiro atoms. The van der Waals surface area contributed by atoms with Crippen molar-refractivity contribution >= 4 is 11.6 Å². The molecule has 82 valence electrons. The molecule has 4 heteroatoms. The van der Waals surface area contributed by atoms with Gasteiger partial charge >= 0.3 is 0 Å². The van der Waals surface area contributed by atoms with E-state index in [1.165, 1.54) is 0 Å². The van der Waals surface area contributed by atoms with Crippen molar-refractivity contribution in [2.75, 3.05) is 0 Å². The fourth-order valence-corrected chi connectivity index (χ4v) is 2.61. The lowest BCUT2D eigenvalue weighted by Crippen LogP contribution is -2.42. The Labute approximate surface area is 93.2 Å². The zero-order chi connectivity index (χ0) is 11.1. The summed E-state index contributed by atoms with van der Waals surface area (Å²) in [7, 11) is 0. The largest absolute Gasteiger partial charge is 0.411 e. The molecule has 4 nitrogen and oxygen atoms in total. The molecule has 0 saturated carbocycles. The molecule has 1 N–H and O–H groups in total. The Kier molecular flexibility index (Phi) is 1.96. The summed E-state index contributed by atoms with van der Waals surface area (Å²) in [4.78, 5) is 13.5. The average molecular weight is 216 g/mol. The number of rotatable bonds is 0. The van der Waals surface area contributed by atoms with Crippen LogP contribution in [0.1, 0.15) is 24.0 Å². The first-order valence-corrected chi connectivity index (χ1v) is 5.41. The van der Waals surface area contributed by atoms with Crippen LogP contribution < -0.4 is 0 Å². The number of oxime groups is 1. The Balaban J connectivity index is 2.13. The van der Waals surface area contributed by atoms with Gasteiger partial charge in [0.15, 0.2) is 0 Å². The number of fused-ring (bicyclic) bond motifs is 2. The Morgan fingerprint density at radius 3 is 3.00 bits per heavy atom. The summed E-state index contributed by atoms with van der Waals surface area (Å²) < 4.78 is 0. The number of hydrogen-bond acceptors (Lipinski definition) is 3. The summed E-state index contributed by atoms with van der Waals surface area (Å²) in [6, 6.07) is 7.75. The number of nitrogens with zero attached hydrogens (tertiary/aromatic N) is 2. The number of benzene rings is 1. The van der Waals surface area contributed by atoms with Crippen molar-refractivity contribution in [3.63, 3.8) is 0 Å². The fourth-order valence-electron chi connectivity index (χ4n) is 2.61. The molecule has 0 radical (unpaired) electrons. The first kappa shape index (κ1) is 9.39. The Morgan fingerprint density at radius 2 is 2.19 bits per heavy atom. The Hall–Kier alpha value is -1.84. The molecule has 1 saturated heterocycles. The third-order valence-corrected chi connectivity index (χ3v) is 3.39. The molecule has 0 aromatic heterocycles. The maximum atomic E-state index is 11.7. The van der Waals surface area contributed by atoms with Crippen LogP contribution in [0.5, 0.6) is 0 Å². The maximum Gasteiger partial charge on any atom is 0.223 e. The van der Waals surface area contributed by atoms with Crippen LogP contribution >= 0.6 is 0 Å². The van der Waals surface area contributed by atoms with E-state index in [1.54, 1.807) is 4.90 Å². The first-order valence-electron chi connectivity index (χ1n) is 5.41. The molecule has 1 amide bonds. The van der Waals surface area contributed by atoms with E-state index in [1.807, 2.05) is 24.3 Å². The third kappa shape index (κ3) is 1.16. The minimum atomic E-state index is -0.0348. The van der Waals surface area contributed by atoms with E-state index in [2.05, 4.69) is 5.16 Å². The van der Waals surface area contributed by atoms with Crippen molar-refractivity contribution < 1.29 is 10.0 Å². The molecule has 1 unspecified atom stereocenters. The predicted molar refractivity (Wildman–Crippen MR) is 58.3 cm³/mol.